The number of benzene rings is 2. The molecular weight excluding hydrogens is 537 g/mol. The average Bonchev–Trinajstić information content (AvgIpc) is 2.65. The normalized spacial score (nSPS) is 11.7. The maximum atomic E-state index is 11.7. The van der Waals surface area contributed by atoms with Gasteiger partial charge in [0.15, 0.2) is 15.8 Å². The van der Waals surface area contributed by atoms with Crippen LogP contribution in [0.15, 0.2) is 52.4 Å². The minimum absolute atomic E-state index is 0. The maximum Gasteiger partial charge on any atom is 0.191 e. The zero-order chi connectivity index (χ0) is 21.3. The Morgan fingerprint density at radius 1 is 1.13 bits per heavy atom. The van der Waals surface area contributed by atoms with E-state index in [0.29, 0.717) is 42.2 Å². The lowest BCUT2D eigenvalue weighted by atomic mass is 10.1. The Morgan fingerprint density at radius 3 is 2.53 bits per heavy atom. The van der Waals surface area contributed by atoms with E-state index in [4.69, 9.17) is 16.3 Å². The highest BCUT2D eigenvalue weighted by Gasteiger charge is 2.10. The molecule has 2 aromatic rings. The van der Waals surface area contributed by atoms with Crippen molar-refractivity contribution in [3.05, 3.63) is 64.2 Å². The number of ether oxygens (including phenoxy) is 1. The second-order valence-electron chi connectivity index (χ2n) is 6.68. The topological polar surface area (TPSA) is 79.8 Å². The third-order valence-corrected chi connectivity index (χ3v) is 5.59. The number of sulfone groups is 1. The van der Waals surface area contributed by atoms with Crippen LogP contribution in [-0.2, 0) is 27.7 Å². The van der Waals surface area contributed by atoms with Crippen molar-refractivity contribution in [1.29, 1.82) is 0 Å². The molecule has 0 radical (unpaired) electrons. The fourth-order valence-corrected chi connectivity index (χ4v) is 3.97. The van der Waals surface area contributed by atoms with Crippen molar-refractivity contribution in [1.82, 2.24) is 10.6 Å². The van der Waals surface area contributed by atoms with Crippen LogP contribution in [0.5, 0.6) is 0 Å². The molecule has 0 aliphatic carbocycles. The van der Waals surface area contributed by atoms with Gasteiger partial charge in [-0.05, 0) is 48.7 Å². The van der Waals surface area contributed by atoms with Crippen LogP contribution in [-0.4, -0.2) is 40.3 Å². The van der Waals surface area contributed by atoms with Gasteiger partial charge in [-0.3, -0.25) is 0 Å². The van der Waals surface area contributed by atoms with Crippen molar-refractivity contribution in [2.24, 2.45) is 4.99 Å². The number of halogens is 2. The summed E-state index contributed by atoms with van der Waals surface area (Å²) in [5, 5.41) is 7.12. The summed E-state index contributed by atoms with van der Waals surface area (Å²) in [5.74, 6) is 0.684. The van der Waals surface area contributed by atoms with E-state index < -0.39 is 9.84 Å². The van der Waals surface area contributed by atoms with E-state index in [1.54, 1.807) is 19.1 Å². The van der Waals surface area contributed by atoms with Gasteiger partial charge in [-0.2, -0.15) is 0 Å². The van der Waals surface area contributed by atoms with Gasteiger partial charge in [0.2, 0.25) is 0 Å². The Balaban J connectivity index is 0.00000450. The third-order valence-electron chi connectivity index (χ3n) is 4.10. The number of hydrogen-bond acceptors (Lipinski definition) is 4. The molecule has 2 N–H and O–H groups in total. The Hall–Kier alpha value is -1.36. The minimum Gasteiger partial charge on any atom is -0.375 e. The summed E-state index contributed by atoms with van der Waals surface area (Å²) in [4.78, 5) is 4.91. The molecule has 166 valence electrons. The molecule has 0 saturated heterocycles. The van der Waals surface area contributed by atoms with Gasteiger partial charge in [-0.15, -0.1) is 24.0 Å². The van der Waals surface area contributed by atoms with E-state index in [9.17, 15) is 8.42 Å². The zero-order valence-corrected chi connectivity index (χ0v) is 21.3. The SMILES string of the molecule is CCNC(=NCc1ccc(S(C)(=O)=O)c(C)c1)NCCOCc1cccc(Cl)c1.I. The van der Waals surface area contributed by atoms with Crippen molar-refractivity contribution in [2.45, 2.75) is 31.9 Å². The van der Waals surface area contributed by atoms with Crippen LogP contribution in [0.3, 0.4) is 0 Å². The molecule has 0 spiro atoms. The average molecular weight is 566 g/mol. The number of rotatable bonds is 9. The van der Waals surface area contributed by atoms with Crippen LogP contribution >= 0.6 is 35.6 Å². The van der Waals surface area contributed by atoms with Gasteiger partial charge in [0.25, 0.3) is 0 Å². The van der Waals surface area contributed by atoms with Crippen molar-refractivity contribution in [3.63, 3.8) is 0 Å². The second-order valence-corrected chi connectivity index (χ2v) is 9.10. The van der Waals surface area contributed by atoms with Gasteiger partial charge in [0.1, 0.15) is 0 Å². The highest BCUT2D eigenvalue weighted by Crippen LogP contribution is 2.17. The van der Waals surface area contributed by atoms with E-state index in [1.165, 1.54) is 6.26 Å². The fraction of sp³-hybridized carbons (Fsp3) is 0.381. The molecule has 2 aromatic carbocycles. The number of aliphatic imine (C=N–C) groups is 1. The fourth-order valence-electron chi connectivity index (χ4n) is 2.80. The van der Waals surface area contributed by atoms with Crippen molar-refractivity contribution < 1.29 is 13.2 Å². The molecule has 2 rings (SSSR count). The first-order valence-electron chi connectivity index (χ1n) is 9.43. The van der Waals surface area contributed by atoms with Gasteiger partial charge in [-0.1, -0.05) is 35.9 Å². The lowest BCUT2D eigenvalue weighted by Crippen LogP contribution is -2.38. The Morgan fingerprint density at radius 2 is 1.90 bits per heavy atom. The molecule has 0 atom stereocenters. The quantitative estimate of drug-likeness (QED) is 0.208. The molecule has 0 aromatic heterocycles. The van der Waals surface area contributed by atoms with Gasteiger partial charge >= 0.3 is 0 Å². The van der Waals surface area contributed by atoms with E-state index in [1.807, 2.05) is 37.3 Å². The van der Waals surface area contributed by atoms with Crippen LogP contribution in [0.2, 0.25) is 5.02 Å². The number of guanidine groups is 1. The molecule has 6 nitrogen and oxygen atoms in total. The van der Waals surface area contributed by atoms with Crippen molar-refractivity contribution in [2.75, 3.05) is 26.0 Å². The van der Waals surface area contributed by atoms with Crippen LogP contribution in [0.4, 0.5) is 0 Å². The van der Waals surface area contributed by atoms with Gasteiger partial charge in [0.05, 0.1) is 24.7 Å². The lowest BCUT2D eigenvalue weighted by Gasteiger charge is -2.12. The molecule has 0 aliphatic rings. The van der Waals surface area contributed by atoms with E-state index >= 15 is 0 Å². The Labute approximate surface area is 201 Å². The molecular formula is C21H29ClIN3O3S. The summed E-state index contributed by atoms with van der Waals surface area (Å²) in [6.07, 6.45) is 1.22. The minimum atomic E-state index is -3.21. The van der Waals surface area contributed by atoms with Crippen molar-refractivity contribution in [3.8, 4) is 0 Å². The van der Waals surface area contributed by atoms with E-state index in [2.05, 4.69) is 15.6 Å². The van der Waals surface area contributed by atoms with Gasteiger partial charge in [-0.25, -0.2) is 13.4 Å². The first-order chi connectivity index (χ1) is 13.8. The second kappa shape index (κ2) is 13.1. The van der Waals surface area contributed by atoms with Crippen molar-refractivity contribution >= 4 is 51.4 Å². The lowest BCUT2D eigenvalue weighted by molar-refractivity contribution is 0.125. The maximum absolute atomic E-state index is 11.7. The predicted molar refractivity (Wildman–Crippen MR) is 134 cm³/mol. The van der Waals surface area contributed by atoms with Crippen LogP contribution in [0.1, 0.15) is 23.6 Å². The molecule has 30 heavy (non-hydrogen) atoms. The largest absolute Gasteiger partial charge is 0.375 e. The standard InChI is InChI=1S/C21H28ClN3O3S.HI/c1-4-23-21(24-10-11-28-15-18-6-5-7-19(22)13-18)25-14-17-8-9-20(16(2)12-17)29(3,26)27;/h5-9,12-13H,4,10-11,14-15H2,1-3H3,(H2,23,24,25);1H. The smallest absolute Gasteiger partial charge is 0.191 e. The summed E-state index contributed by atoms with van der Waals surface area (Å²) in [6, 6.07) is 12.9. The summed E-state index contributed by atoms with van der Waals surface area (Å²) in [6.45, 7) is 6.62. The zero-order valence-electron chi connectivity index (χ0n) is 17.4. The van der Waals surface area contributed by atoms with E-state index in [0.717, 1.165) is 23.2 Å². The number of nitrogens with zero attached hydrogens (tertiary/aromatic N) is 1. The highest BCUT2D eigenvalue weighted by molar-refractivity contribution is 14.0. The predicted octanol–water partition coefficient (Wildman–Crippen LogP) is 3.94. The number of nitrogens with one attached hydrogen (secondary N) is 2. The monoisotopic (exact) mass is 565 g/mol. The molecule has 0 saturated carbocycles. The molecule has 0 bridgehead atoms. The van der Waals surface area contributed by atoms with Gasteiger partial charge in [0, 0.05) is 24.4 Å². The Kier molecular flexibility index (Phi) is 11.7. The number of hydrogen-bond donors (Lipinski definition) is 2. The summed E-state index contributed by atoms with van der Waals surface area (Å²) in [5.41, 5.74) is 2.71. The summed E-state index contributed by atoms with van der Waals surface area (Å²) >= 11 is 5.97. The van der Waals surface area contributed by atoms with Gasteiger partial charge < -0.3 is 15.4 Å². The van der Waals surface area contributed by atoms with Crippen LogP contribution in [0, 0.1) is 6.92 Å². The van der Waals surface area contributed by atoms with E-state index in [-0.39, 0.29) is 24.0 Å². The molecule has 0 heterocycles. The Bertz CT molecular complexity index is 952. The summed E-state index contributed by atoms with van der Waals surface area (Å²) in [7, 11) is -3.21. The molecule has 0 amide bonds. The molecule has 0 unspecified atom stereocenters. The summed E-state index contributed by atoms with van der Waals surface area (Å²) < 4.78 is 29.1. The molecule has 9 heteroatoms. The third kappa shape index (κ3) is 9.20. The number of aryl methyl sites for hydroxylation is 1. The highest BCUT2D eigenvalue weighted by atomic mass is 127. The first kappa shape index (κ1) is 26.7. The molecule has 0 aliphatic heterocycles. The van der Waals surface area contributed by atoms with Crippen LogP contribution in [0.25, 0.3) is 0 Å². The van der Waals surface area contributed by atoms with Crippen LogP contribution < -0.4 is 10.6 Å². The first-order valence-corrected chi connectivity index (χ1v) is 11.7. The molecule has 0 fully saturated rings.